The van der Waals surface area contributed by atoms with Crippen molar-refractivity contribution >= 4 is 17.4 Å². The van der Waals surface area contributed by atoms with Gasteiger partial charge in [0.1, 0.15) is 0 Å². The third-order valence-electron chi connectivity index (χ3n) is 4.22. The Hall–Kier alpha value is -1.01. The molecule has 6 heteroatoms. The molecule has 19 heavy (non-hydrogen) atoms. The molecule has 1 aromatic rings. The molecule has 0 saturated carbocycles. The number of hydrogen-bond acceptors (Lipinski definition) is 5. The fourth-order valence-corrected chi connectivity index (χ4v) is 3.72. The Balaban J connectivity index is 1.52. The summed E-state index contributed by atoms with van der Waals surface area (Å²) < 4.78 is 3.99. The minimum absolute atomic E-state index is 0.362. The van der Waals surface area contributed by atoms with Gasteiger partial charge in [0.15, 0.2) is 0 Å². The van der Waals surface area contributed by atoms with Crippen LogP contribution in [0.1, 0.15) is 36.3 Å². The molecule has 0 spiro atoms. The van der Waals surface area contributed by atoms with E-state index >= 15 is 0 Å². The SMILES string of the molecule is Cc1nnsc1CN1CCC(N2CCCC2=O)CC1. The van der Waals surface area contributed by atoms with Crippen LogP contribution in [0.15, 0.2) is 0 Å². The van der Waals surface area contributed by atoms with Gasteiger partial charge in [0.05, 0.1) is 10.6 Å². The van der Waals surface area contributed by atoms with E-state index in [4.69, 9.17) is 0 Å². The molecular weight excluding hydrogens is 260 g/mol. The predicted molar refractivity (Wildman–Crippen MR) is 73.9 cm³/mol. The van der Waals surface area contributed by atoms with Gasteiger partial charge in [-0.05, 0) is 37.7 Å². The maximum atomic E-state index is 11.8. The smallest absolute Gasteiger partial charge is 0.222 e. The molecule has 2 fully saturated rings. The van der Waals surface area contributed by atoms with Crippen molar-refractivity contribution in [1.29, 1.82) is 0 Å². The molecule has 2 aliphatic rings. The predicted octanol–water partition coefficient (Wildman–Crippen LogP) is 1.43. The first kappa shape index (κ1) is 13.0. The molecule has 0 N–H and O–H groups in total. The van der Waals surface area contributed by atoms with Gasteiger partial charge in [-0.1, -0.05) is 4.49 Å². The number of nitrogens with zero attached hydrogens (tertiary/aromatic N) is 4. The minimum atomic E-state index is 0.362. The molecule has 0 aliphatic carbocycles. The second kappa shape index (κ2) is 5.54. The van der Waals surface area contributed by atoms with E-state index in [9.17, 15) is 4.79 Å². The van der Waals surface area contributed by atoms with Crippen molar-refractivity contribution in [3.05, 3.63) is 10.6 Å². The number of aryl methyl sites for hydroxylation is 1. The summed E-state index contributed by atoms with van der Waals surface area (Å²) in [5.41, 5.74) is 1.06. The Bertz CT molecular complexity index is 453. The summed E-state index contributed by atoms with van der Waals surface area (Å²) in [6.45, 7) is 6.11. The Morgan fingerprint density at radius 1 is 1.32 bits per heavy atom. The zero-order valence-corrected chi connectivity index (χ0v) is 12.2. The van der Waals surface area contributed by atoms with Gasteiger partial charge in [-0.25, -0.2) is 0 Å². The van der Waals surface area contributed by atoms with Gasteiger partial charge in [0.25, 0.3) is 0 Å². The minimum Gasteiger partial charge on any atom is -0.340 e. The zero-order valence-electron chi connectivity index (χ0n) is 11.3. The molecule has 3 heterocycles. The van der Waals surface area contributed by atoms with E-state index in [-0.39, 0.29) is 0 Å². The van der Waals surface area contributed by atoms with Gasteiger partial charge >= 0.3 is 0 Å². The van der Waals surface area contributed by atoms with Crippen LogP contribution in [-0.2, 0) is 11.3 Å². The molecule has 1 amide bonds. The lowest BCUT2D eigenvalue weighted by atomic mass is 10.0. The van der Waals surface area contributed by atoms with Crippen LogP contribution in [0.4, 0.5) is 0 Å². The summed E-state index contributed by atoms with van der Waals surface area (Å²) in [5.74, 6) is 0.362. The van der Waals surface area contributed by atoms with Crippen molar-refractivity contribution in [2.24, 2.45) is 0 Å². The van der Waals surface area contributed by atoms with Gasteiger partial charge < -0.3 is 4.90 Å². The van der Waals surface area contributed by atoms with E-state index in [1.54, 1.807) is 0 Å². The number of aromatic nitrogens is 2. The van der Waals surface area contributed by atoms with Crippen LogP contribution in [0.2, 0.25) is 0 Å². The maximum Gasteiger partial charge on any atom is 0.222 e. The van der Waals surface area contributed by atoms with Crippen LogP contribution >= 0.6 is 11.5 Å². The van der Waals surface area contributed by atoms with E-state index in [1.165, 1.54) is 16.4 Å². The molecule has 2 saturated heterocycles. The van der Waals surface area contributed by atoms with E-state index in [2.05, 4.69) is 19.4 Å². The average Bonchev–Trinajstić information content (AvgIpc) is 3.00. The van der Waals surface area contributed by atoms with Crippen molar-refractivity contribution in [2.75, 3.05) is 19.6 Å². The first-order chi connectivity index (χ1) is 9.24. The third kappa shape index (κ3) is 2.79. The molecule has 3 rings (SSSR count). The average molecular weight is 280 g/mol. The Labute approximate surface area is 117 Å². The Kier molecular flexibility index (Phi) is 3.79. The molecule has 0 aromatic carbocycles. The quantitative estimate of drug-likeness (QED) is 0.840. The van der Waals surface area contributed by atoms with Crippen molar-refractivity contribution in [3.8, 4) is 0 Å². The van der Waals surface area contributed by atoms with Gasteiger partial charge in [0.2, 0.25) is 5.91 Å². The zero-order chi connectivity index (χ0) is 13.2. The van der Waals surface area contributed by atoms with E-state index in [0.29, 0.717) is 11.9 Å². The fourth-order valence-electron chi connectivity index (χ4n) is 3.04. The summed E-state index contributed by atoms with van der Waals surface area (Å²) in [6.07, 6.45) is 4.02. The Morgan fingerprint density at radius 3 is 2.68 bits per heavy atom. The molecule has 0 radical (unpaired) electrons. The molecule has 1 aromatic heterocycles. The number of likely N-dealkylation sites (tertiary alicyclic amines) is 2. The normalized spacial score (nSPS) is 22.4. The maximum absolute atomic E-state index is 11.8. The molecule has 2 aliphatic heterocycles. The van der Waals surface area contributed by atoms with Gasteiger partial charge in [-0.15, -0.1) is 5.10 Å². The van der Waals surface area contributed by atoms with Gasteiger partial charge in [-0.2, -0.15) is 0 Å². The van der Waals surface area contributed by atoms with E-state index in [1.807, 2.05) is 6.92 Å². The third-order valence-corrected chi connectivity index (χ3v) is 5.03. The number of hydrogen-bond donors (Lipinski definition) is 0. The van der Waals surface area contributed by atoms with Crippen LogP contribution in [-0.4, -0.2) is 51.0 Å². The largest absolute Gasteiger partial charge is 0.340 e. The lowest BCUT2D eigenvalue weighted by molar-refractivity contribution is -0.130. The monoisotopic (exact) mass is 280 g/mol. The highest BCUT2D eigenvalue weighted by Crippen LogP contribution is 2.23. The second-order valence-corrected chi connectivity index (χ2v) is 6.32. The standard InChI is InChI=1S/C13H20N4OS/c1-10-12(19-15-14-10)9-16-7-4-11(5-8-16)17-6-2-3-13(17)18/h11H,2-9H2,1H3. The van der Waals surface area contributed by atoms with Crippen LogP contribution in [0.3, 0.4) is 0 Å². The first-order valence-corrected chi connectivity index (χ1v) is 7.81. The van der Waals surface area contributed by atoms with Crippen molar-refractivity contribution in [2.45, 2.75) is 45.2 Å². The molecule has 0 bridgehead atoms. The van der Waals surface area contributed by atoms with Crippen molar-refractivity contribution in [1.82, 2.24) is 19.4 Å². The van der Waals surface area contributed by atoms with Gasteiger partial charge in [0, 0.05) is 38.6 Å². The van der Waals surface area contributed by atoms with Crippen LogP contribution in [0.25, 0.3) is 0 Å². The van der Waals surface area contributed by atoms with Crippen molar-refractivity contribution < 1.29 is 4.79 Å². The van der Waals surface area contributed by atoms with E-state index in [0.717, 1.165) is 57.6 Å². The number of amides is 1. The van der Waals surface area contributed by atoms with Crippen molar-refractivity contribution in [3.63, 3.8) is 0 Å². The Morgan fingerprint density at radius 2 is 2.11 bits per heavy atom. The highest BCUT2D eigenvalue weighted by atomic mass is 32.1. The topological polar surface area (TPSA) is 49.3 Å². The summed E-state index contributed by atoms with van der Waals surface area (Å²) in [5, 5.41) is 4.06. The molecule has 0 atom stereocenters. The highest BCUT2D eigenvalue weighted by molar-refractivity contribution is 7.05. The molecular formula is C13H20N4OS. The van der Waals surface area contributed by atoms with Crippen LogP contribution in [0.5, 0.6) is 0 Å². The number of carbonyl (C=O) groups is 1. The summed E-state index contributed by atoms with van der Waals surface area (Å²) in [4.78, 5) is 17.6. The first-order valence-electron chi connectivity index (χ1n) is 7.03. The van der Waals surface area contributed by atoms with Crippen LogP contribution in [0, 0.1) is 6.92 Å². The molecule has 0 unspecified atom stereocenters. The lowest BCUT2D eigenvalue weighted by Crippen LogP contribution is -2.45. The lowest BCUT2D eigenvalue weighted by Gasteiger charge is -2.36. The second-order valence-electron chi connectivity index (χ2n) is 5.48. The fraction of sp³-hybridized carbons (Fsp3) is 0.769. The summed E-state index contributed by atoms with van der Waals surface area (Å²) in [6, 6.07) is 0.479. The van der Waals surface area contributed by atoms with E-state index < -0.39 is 0 Å². The number of piperidine rings is 1. The number of rotatable bonds is 3. The highest BCUT2D eigenvalue weighted by Gasteiger charge is 2.30. The van der Waals surface area contributed by atoms with Crippen LogP contribution < -0.4 is 0 Å². The molecule has 104 valence electrons. The summed E-state index contributed by atoms with van der Waals surface area (Å²) >= 11 is 1.50. The van der Waals surface area contributed by atoms with Gasteiger partial charge in [-0.3, -0.25) is 9.69 Å². The molecule has 5 nitrogen and oxygen atoms in total. The summed E-state index contributed by atoms with van der Waals surface area (Å²) in [7, 11) is 0. The number of carbonyl (C=O) groups excluding carboxylic acids is 1.